The zero-order valence-corrected chi connectivity index (χ0v) is 14.0. The van der Waals surface area contributed by atoms with Gasteiger partial charge in [-0.1, -0.05) is 6.92 Å². The number of carbonyl (C=O) groups is 1. The van der Waals surface area contributed by atoms with E-state index in [2.05, 4.69) is 22.2 Å². The zero-order chi connectivity index (χ0) is 16.9. The van der Waals surface area contributed by atoms with Crippen LogP contribution >= 0.6 is 0 Å². The van der Waals surface area contributed by atoms with Gasteiger partial charge in [0.2, 0.25) is 0 Å². The number of anilines is 2. The fourth-order valence-corrected chi connectivity index (χ4v) is 2.93. The topological polar surface area (TPSA) is 70.4 Å². The highest BCUT2D eigenvalue weighted by Gasteiger charge is 2.17. The Morgan fingerprint density at radius 2 is 2.00 bits per heavy atom. The lowest BCUT2D eigenvalue weighted by molar-refractivity contribution is 0.102. The third-order valence-corrected chi connectivity index (χ3v) is 4.30. The van der Waals surface area contributed by atoms with Crippen molar-refractivity contribution >= 4 is 17.3 Å². The monoisotopic (exact) mass is 328 g/mol. The van der Waals surface area contributed by atoms with E-state index in [0.29, 0.717) is 11.3 Å². The molecule has 6 nitrogen and oxygen atoms in total. The molecular formula is C18H24N4O2. The molecule has 0 atom stereocenters. The average molecular weight is 328 g/mol. The molecular weight excluding hydrogens is 304 g/mol. The van der Waals surface area contributed by atoms with E-state index < -0.39 is 0 Å². The van der Waals surface area contributed by atoms with E-state index in [4.69, 9.17) is 0 Å². The number of carbonyl (C=O) groups excluding carboxylic acids is 1. The van der Waals surface area contributed by atoms with E-state index >= 15 is 0 Å². The van der Waals surface area contributed by atoms with Crippen molar-refractivity contribution in [2.24, 2.45) is 0 Å². The normalized spacial score (nSPS) is 15.5. The molecule has 1 amide bonds. The first kappa shape index (κ1) is 16.5. The molecule has 2 heterocycles. The van der Waals surface area contributed by atoms with E-state index in [9.17, 15) is 9.90 Å². The van der Waals surface area contributed by atoms with Crippen LogP contribution in [0.2, 0.25) is 0 Å². The van der Waals surface area contributed by atoms with Gasteiger partial charge in [-0.2, -0.15) is 5.10 Å². The Balaban J connectivity index is 1.61. The summed E-state index contributed by atoms with van der Waals surface area (Å²) in [6.45, 7) is 4.63. The third-order valence-electron chi connectivity index (χ3n) is 4.30. The number of rotatable bonds is 5. The van der Waals surface area contributed by atoms with Crippen molar-refractivity contribution in [2.75, 3.05) is 23.3 Å². The van der Waals surface area contributed by atoms with E-state index in [1.54, 1.807) is 6.20 Å². The number of nitrogens with zero attached hydrogens (tertiary/aromatic N) is 3. The van der Waals surface area contributed by atoms with Gasteiger partial charge in [0.25, 0.3) is 5.91 Å². The van der Waals surface area contributed by atoms with Crippen LogP contribution in [0.5, 0.6) is 0 Å². The van der Waals surface area contributed by atoms with Crippen LogP contribution in [0, 0.1) is 0 Å². The van der Waals surface area contributed by atoms with Crippen LogP contribution < -0.4 is 10.2 Å². The zero-order valence-electron chi connectivity index (χ0n) is 14.0. The number of nitrogens with one attached hydrogen (secondary N) is 1. The second-order valence-electron chi connectivity index (χ2n) is 6.21. The number of aliphatic hydroxyl groups is 1. The fourth-order valence-electron chi connectivity index (χ4n) is 2.93. The van der Waals surface area contributed by atoms with E-state index in [1.807, 2.05) is 35.1 Å². The summed E-state index contributed by atoms with van der Waals surface area (Å²) in [5, 5.41) is 16.7. The summed E-state index contributed by atoms with van der Waals surface area (Å²) >= 11 is 0. The summed E-state index contributed by atoms with van der Waals surface area (Å²) in [7, 11) is 0. The van der Waals surface area contributed by atoms with Crippen molar-refractivity contribution in [3.8, 4) is 0 Å². The first-order chi connectivity index (χ1) is 11.7. The quantitative estimate of drug-likeness (QED) is 0.885. The van der Waals surface area contributed by atoms with Gasteiger partial charge in [0.1, 0.15) is 0 Å². The van der Waals surface area contributed by atoms with E-state index in [1.165, 1.54) is 0 Å². The maximum atomic E-state index is 12.3. The molecule has 0 spiro atoms. The van der Waals surface area contributed by atoms with Crippen molar-refractivity contribution in [1.82, 2.24) is 9.78 Å². The van der Waals surface area contributed by atoms with Crippen molar-refractivity contribution in [3.63, 3.8) is 0 Å². The van der Waals surface area contributed by atoms with Gasteiger partial charge >= 0.3 is 0 Å². The number of amides is 1. The molecule has 2 N–H and O–H groups in total. The lowest BCUT2D eigenvalue weighted by atomic mass is 10.1. The largest absolute Gasteiger partial charge is 0.393 e. The predicted molar refractivity (Wildman–Crippen MR) is 94.4 cm³/mol. The van der Waals surface area contributed by atoms with Crippen LogP contribution in [0.25, 0.3) is 0 Å². The highest BCUT2D eigenvalue weighted by atomic mass is 16.3. The Kier molecular flexibility index (Phi) is 5.15. The van der Waals surface area contributed by atoms with Crippen molar-refractivity contribution in [1.29, 1.82) is 0 Å². The molecule has 1 aliphatic heterocycles. The van der Waals surface area contributed by atoms with Crippen LogP contribution in [-0.2, 0) is 6.54 Å². The molecule has 1 aromatic carbocycles. The van der Waals surface area contributed by atoms with E-state index in [-0.39, 0.29) is 12.0 Å². The molecule has 1 fully saturated rings. The number of aliphatic hydroxyl groups excluding tert-OH is 1. The number of hydrogen-bond acceptors (Lipinski definition) is 4. The average Bonchev–Trinajstić information content (AvgIpc) is 3.03. The highest BCUT2D eigenvalue weighted by molar-refractivity contribution is 6.04. The molecule has 6 heteroatoms. The Morgan fingerprint density at radius 1 is 1.29 bits per heavy atom. The first-order valence-electron chi connectivity index (χ1n) is 8.52. The number of benzene rings is 1. The molecule has 1 aliphatic rings. The highest BCUT2D eigenvalue weighted by Crippen LogP contribution is 2.21. The minimum Gasteiger partial charge on any atom is -0.393 e. The minimum atomic E-state index is -0.181. The molecule has 0 bridgehead atoms. The van der Waals surface area contributed by atoms with Gasteiger partial charge in [-0.3, -0.25) is 9.48 Å². The fraction of sp³-hybridized carbons (Fsp3) is 0.444. The Labute approximate surface area is 142 Å². The maximum Gasteiger partial charge on any atom is 0.255 e. The molecule has 1 saturated heterocycles. The summed E-state index contributed by atoms with van der Waals surface area (Å²) in [5.74, 6) is -0.133. The second-order valence-corrected chi connectivity index (χ2v) is 6.21. The van der Waals surface area contributed by atoms with Crippen LogP contribution in [0.4, 0.5) is 11.4 Å². The summed E-state index contributed by atoms with van der Waals surface area (Å²) in [5.41, 5.74) is 2.43. The predicted octanol–water partition coefficient (Wildman–Crippen LogP) is 2.51. The second kappa shape index (κ2) is 7.49. The van der Waals surface area contributed by atoms with Crippen molar-refractivity contribution < 1.29 is 9.90 Å². The molecule has 1 aromatic heterocycles. The van der Waals surface area contributed by atoms with Gasteiger partial charge in [-0.25, -0.2) is 0 Å². The van der Waals surface area contributed by atoms with Gasteiger partial charge < -0.3 is 15.3 Å². The molecule has 24 heavy (non-hydrogen) atoms. The molecule has 0 aliphatic carbocycles. The van der Waals surface area contributed by atoms with Gasteiger partial charge in [0.05, 0.1) is 18.0 Å². The number of aromatic nitrogens is 2. The summed E-state index contributed by atoms with van der Waals surface area (Å²) < 4.78 is 1.82. The Bertz CT molecular complexity index is 673. The number of hydrogen-bond donors (Lipinski definition) is 2. The van der Waals surface area contributed by atoms with Crippen LogP contribution in [0.3, 0.4) is 0 Å². The summed E-state index contributed by atoms with van der Waals surface area (Å²) in [4.78, 5) is 14.6. The summed E-state index contributed by atoms with van der Waals surface area (Å²) in [6, 6.07) is 7.61. The van der Waals surface area contributed by atoms with Crippen molar-refractivity contribution in [3.05, 3.63) is 42.2 Å². The number of piperidine rings is 1. The maximum absolute atomic E-state index is 12.3. The van der Waals surface area contributed by atoms with Gasteiger partial charge in [0.15, 0.2) is 0 Å². The van der Waals surface area contributed by atoms with Gasteiger partial charge in [-0.05, 0) is 43.5 Å². The van der Waals surface area contributed by atoms with Crippen LogP contribution in [0.1, 0.15) is 36.5 Å². The van der Waals surface area contributed by atoms with Crippen LogP contribution in [0.15, 0.2) is 36.7 Å². The lowest BCUT2D eigenvalue weighted by Gasteiger charge is -2.31. The van der Waals surface area contributed by atoms with Gasteiger partial charge in [0, 0.05) is 37.1 Å². The Morgan fingerprint density at radius 3 is 2.67 bits per heavy atom. The molecule has 3 rings (SSSR count). The molecule has 0 unspecified atom stereocenters. The summed E-state index contributed by atoms with van der Waals surface area (Å²) in [6.07, 6.45) is 5.92. The smallest absolute Gasteiger partial charge is 0.255 e. The molecule has 0 saturated carbocycles. The van der Waals surface area contributed by atoms with E-state index in [0.717, 1.165) is 44.6 Å². The number of aryl methyl sites for hydroxylation is 1. The van der Waals surface area contributed by atoms with Crippen LogP contribution in [-0.4, -0.2) is 40.0 Å². The Hall–Kier alpha value is -2.34. The third kappa shape index (κ3) is 3.94. The first-order valence-corrected chi connectivity index (χ1v) is 8.52. The molecule has 128 valence electrons. The standard InChI is InChI=1S/C18H24N4O2/c1-2-9-22-13-15(12-19-22)20-18(24)14-3-5-16(6-4-14)21-10-7-17(23)8-11-21/h3-6,12-13,17,23H,2,7-11H2,1H3,(H,20,24). The van der Waals surface area contributed by atoms with Gasteiger partial charge in [-0.15, -0.1) is 0 Å². The SMILES string of the molecule is CCCn1cc(NC(=O)c2ccc(N3CCC(O)CC3)cc2)cn1. The van der Waals surface area contributed by atoms with Crippen molar-refractivity contribution in [2.45, 2.75) is 38.8 Å². The minimum absolute atomic E-state index is 0.133. The molecule has 2 aromatic rings. The molecule has 0 radical (unpaired) electrons. The lowest BCUT2D eigenvalue weighted by Crippen LogP contribution is -2.35.